The summed E-state index contributed by atoms with van der Waals surface area (Å²) in [6.07, 6.45) is -2.52. The number of carbonyl (C=O) groups is 2. The highest BCUT2D eigenvalue weighted by Gasteiger charge is 2.32. The van der Waals surface area contributed by atoms with Gasteiger partial charge in [0.1, 0.15) is 5.82 Å². The molecule has 0 N–H and O–H groups in total. The van der Waals surface area contributed by atoms with E-state index in [1.165, 1.54) is 17.6 Å². The number of pyridine rings is 1. The number of alkyl halides is 3. The van der Waals surface area contributed by atoms with Gasteiger partial charge in [0.25, 0.3) is 5.91 Å². The summed E-state index contributed by atoms with van der Waals surface area (Å²) in [5.41, 5.74) is -0.919. The number of aromatic nitrogens is 1. The van der Waals surface area contributed by atoms with Crippen LogP contribution < -0.4 is 4.90 Å². The maximum Gasteiger partial charge on any atom is 0.417 e. The van der Waals surface area contributed by atoms with Gasteiger partial charge < -0.3 is 14.6 Å². The second kappa shape index (κ2) is 10.5. The van der Waals surface area contributed by atoms with Crippen LogP contribution in [0, 0.1) is 0 Å². The first-order chi connectivity index (χ1) is 15.2. The van der Waals surface area contributed by atoms with Crippen LogP contribution in [0.2, 0.25) is 10.0 Å². The van der Waals surface area contributed by atoms with Crippen molar-refractivity contribution in [2.45, 2.75) is 12.6 Å². The lowest BCUT2D eigenvalue weighted by Gasteiger charge is -2.35. The zero-order valence-electron chi connectivity index (χ0n) is 16.4. The number of ketones is 1. The lowest BCUT2D eigenvalue weighted by atomic mass is 10.2. The van der Waals surface area contributed by atoms with Gasteiger partial charge in [0.15, 0.2) is 12.4 Å². The van der Waals surface area contributed by atoms with Gasteiger partial charge in [-0.3, -0.25) is 9.59 Å². The Labute approximate surface area is 195 Å². The number of amides is 1. The zero-order chi connectivity index (χ0) is 23.3. The van der Waals surface area contributed by atoms with Crippen molar-refractivity contribution in [3.63, 3.8) is 0 Å². The van der Waals surface area contributed by atoms with Crippen LogP contribution in [0.5, 0.6) is 0 Å². The maximum atomic E-state index is 12.8. The third-order valence-corrected chi connectivity index (χ3v) is 6.23. The highest BCUT2D eigenvalue weighted by Crippen LogP contribution is 2.33. The number of rotatable bonds is 7. The number of anilines is 1. The smallest absolute Gasteiger partial charge is 0.386 e. The van der Waals surface area contributed by atoms with Crippen molar-refractivity contribution in [3.05, 3.63) is 44.2 Å². The van der Waals surface area contributed by atoms with E-state index in [1.807, 2.05) is 0 Å². The monoisotopic (exact) mass is 508 g/mol. The summed E-state index contributed by atoms with van der Waals surface area (Å²) in [5.74, 6) is -0.264. The normalized spacial score (nSPS) is 14.8. The minimum absolute atomic E-state index is 0.00597. The van der Waals surface area contributed by atoms with Crippen LogP contribution in [-0.4, -0.2) is 60.6 Å². The number of nitrogens with zero attached hydrogens (tertiary/aromatic N) is 4. The number of thiophene rings is 1. The van der Waals surface area contributed by atoms with Gasteiger partial charge in [-0.15, -0.1) is 11.3 Å². The molecule has 0 radical (unpaired) electrons. The molecule has 7 nitrogen and oxygen atoms in total. The van der Waals surface area contributed by atoms with Crippen LogP contribution in [0.4, 0.5) is 19.0 Å². The van der Waals surface area contributed by atoms with Crippen molar-refractivity contribution in [2.75, 3.05) is 37.7 Å². The largest absolute Gasteiger partial charge is 0.417 e. The summed E-state index contributed by atoms with van der Waals surface area (Å²) in [6.45, 7) is 1.04. The molecule has 0 saturated carbocycles. The van der Waals surface area contributed by atoms with Gasteiger partial charge in [0, 0.05) is 32.4 Å². The van der Waals surface area contributed by atoms with E-state index < -0.39 is 11.7 Å². The highest BCUT2D eigenvalue weighted by molar-refractivity contribution is 7.12. The molecule has 1 amide bonds. The van der Waals surface area contributed by atoms with Crippen molar-refractivity contribution in [1.82, 2.24) is 9.88 Å². The van der Waals surface area contributed by atoms with E-state index >= 15 is 0 Å². The lowest BCUT2D eigenvalue weighted by Crippen LogP contribution is -2.50. The molecule has 2 aromatic rings. The zero-order valence-corrected chi connectivity index (χ0v) is 18.8. The number of hydrogen-bond donors (Lipinski definition) is 0. The van der Waals surface area contributed by atoms with E-state index in [-0.39, 0.29) is 35.6 Å². The number of halogens is 5. The predicted octanol–water partition coefficient (Wildman–Crippen LogP) is 4.39. The topological polar surface area (TPSA) is 75.1 Å². The Kier molecular flexibility index (Phi) is 7.96. The Morgan fingerprint density at radius 3 is 2.53 bits per heavy atom. The molecule has 1 fully saturated rings. The molecular weight excluding hydrogens is 492 g/mol. The van der Waals surface area contributed by atoms with Gasteiger partial charge in [0.05, 0.1) is 33.1 Å². The fourth-order valence-electron chi connectivity index (χ4n) is 2.93. The quantitative estimate of drug-likeness (QED) is 0.315. The van der Waals surface area contributed by atoms with Crippen LogP contribution in [0.25, 0.3) is 0 Å². The van der Waals surface area contributed by atoms with Crippen LogP contribution in [0.1, 0.15) is 21.7 Å². The van der Waals surface area contributed by atoms with Crippen LogP contribution in [0.15, 0.2) is 28.9 Å². The number of piperazine rings is 1. The molecule has 0 spiro atoms. The van der Waals surface area contributed by atoms with Crippen molar-refractivity contribution in [2.24, 2.45) is 5.16 Å². The number of Topliss-reactive ketones (excluding diaryl/α,β-unsaturated/α-hetero) is 1. The second-order valence-electron chi connectivity index (χ2n) is 6.68. The second-order valence-corrected chi connectivity index (χ2v) is 8.41. The first kappa shape index (κ1) is 24.3. The van der Waals surface area contributed by atoms with Crippen molar-refractivity contribution in [3.8, 4) is 0 Å². The molecule has 13 heteroatoms. The molecule has 172 valence electrons. The molecule has 2 aromatic heterocycles. The first-order valence-electron chi connectivity index (χ1n) is 9.32. The fraction of sp³-hybridized carbons (Fsp3) is 0.368. The average molecular weight is 509 g/mol. The van der Waals surface area contributed by atoms with Gasteiger partial charge in [-0.25, -0.2) is 4.98 Å². The summed E-state index contributed by atoms with van der Waals surface area (Å²) < 4.78 is 38.3. The standard InChI is InChI=1S/C19H17Cl2F3N4O3S/c20-13-2-8-32-17(13)15(29)1-3-26-31-11-16(30)27-4-6-28(7-5-27)18-14(21)9-12(10-25-18)19(22,23)24/h2-3,8-10H,1,4-7,11H2/b26-3-. The van der Waals surface area contributed by atoms with E-state index in [9.17, 15) is 22.8 Å². The molecule has 1 saturated heterocycles. The van der Waals surface area contributed by atoms with Crippen molar-refractivity contribution in [1.29, 1.82) is 0 Å². The van der Waals surface area contributed by atoms with Crippen molar-refractivity contribution < 1.29 is 27.6 Å². The van der Waals surface area contributed by atoms with Gasteiger partial charge in [-0.05, 0) is 17.5 Å². The van der Waals surface area contributed by atoms with E-state index in [0.717, 1.165) is 12.3 Å². The summed E-state index contributed by atoms with van der Waals surface area (Å²) in [6, 6.07) is 2.47. The lowest BCUT2D eigenvalue weighted by molar-refractivity contribution is -0.138. The van der Waals surface area contributed by atoms with E-state index in [0.29, 0.717) is 36.1 Å². The molecule has 1 aliphatic heterocycles. The van der Waals surface area contributed by atoms with Gasteiger partial charge in [0.2, 0.25) is 0 Å². The molecule has 3 heterocycles. The minimum atomic E-state index is -4.52. The molecule has 0 aliphatic carbocycles. The average Bonchev–Trinajstić information content (AvgIpc) is 3.18. The van der Waals surface area contributed by atoms with E-state index in [1.54, 1.807) is 21.2 Å². The van der Waals surface area contributed by atoms with Gasteiger partial charge in [-0.2, -0.15) is 13.2 Å². The molecule has 0 bridgehead atoms. The predicted molar refractivity (Wildman–Crippen MR) is 116 cm³/mol. The summed E-state index contributed by atoms with van der Waals surface area (Å²) in [4.78, 5) is 36.7. The molecule has 3 rings (SSSR count). The van der Waals surface area contributed by atoms with E-state index in [4.69, 9.17) is 28.0 Å². The number of hydrogen-bond acceptors (Lipinski definition) is 7. The highest BCUT2D eigenvalue weighted by atomic mass is 35.5. The fourth-order valence-corrected chi connectivity index (χ4v) is 4.33. The third-order valence-electron chi connectivity index (χ3n) is 4.57. The molecule has 0 atom stereocenters. The number of oxime groups is 1. The third kappa shape index (κ3) is 6.11. The Morgan fingerprint density at radius 1 is 1.22 bits per heavy atom. The summed E-state index contributed by atoms with van der Waals surface area (Å²) in [7, 11) is 0. The van der Waals surface area contributed by atoms with Gasteiger partial charge in [-0.1, -0.05) is 28.4 Å². The summed E-state index contributed by atoms with van der Waals surface area (Å²) >= 11 is 13.1. The first-order valence-corrected chi connectivity index (χ1v) is 11.0. The van der Waals surface area contributed by atoms with E-state index in [2.05, 4.69) is 10.1 Å². The molecular formula is C19H17Cl2F3N4O3S. The maximum absolute atomic E-state index is 12.8. The number of carbonyl (C=O) groups excluding carboxylic acids is 2. The molecule has 0 aromatic carbocycles. The van der Waals surface area contributed by atoms with Gasteiger partial charge >= 0.3 is 6.18 Å². The summed E-state index contributed by atoms with van der Waals surface area (Å²) in [5, 5.41) is 5.62. The molecule has 32 heavy (non-hydrogen) atoms. The molecule has 1 aliphatic rings. The Hall–Kier alpha value is -2.37. The minimum Gasteiger partial charge on any atom is -0.386 e. The van der Waals surface area contributed by atoms with Crippen LogP contribution >= 0.6 is 34.5 Å². The van der Waals surface area contributed by atoms with Crippen LogP contribution in [-0.2, 0) is 15.8 Å². The SMILES string of the molecule is O=C(C/C=N\OCC(=O)N1CCN(c2ncc(C(F)(F)F)cc2Cl)CC1)c1sccc1Cl. The van der Waals surface area contributed by atoms with Crippen LogP contribution in [0.3, 0.4) is 0 Å². The Morgan fingerprint density at radius 2 is 1.94 bits per heavy atom. The van der Waals surface area contributed by atoms with Crippen molar-refractivity contribution >= 4 is 58.3 Å². The Balaban J connectivity index is 1.43. The molecule has 0 unspecified atom stereocenters. The Bertz CT molecular complexity index is 1010.